The molecule has 0 amide bonds. The van der Waals surface area contributed by atoms with Crippen LogP contribution >= 0.6 is 0 Å². The van der Waals surface area contributed by atoms with Gasteiger partial charge in [0.1, 0.15) is 5.82 Å². The Labute approximate surface area is 117 Å². The SMILES string of the molecule is CC(C)(C#N)c1cccc(-c2ccnc(N)c2C=N)n1. The Hall–Kier alpha value is -2.74. The van der Waals surface area contributed by atoms with Crippen LogP contribution in [-0.4, -0.2) is 16.2 Å². The molecule has 2 heterocycles. The number of hydrogen-bond donors (Lipinski definition) is 2. The number of pyridine rings is 2. The molecule has 0 atom stereocenters. The molecule has 2 rings (SSSR count). The lowest BCUT2D eigenvalue weighted by atomic mass is 9.90. The molecule has 3 N–H and O–H groups in total. The number of nitrogen functional groups attached to an aromatic ring is 1. The lowest BCUT2D eigenvalue weighted by Crippen LogP contribution is -2.16. The van der Waals surface area contributed by atoms with E-state index in [0.29, 0.717) is 22.8 Å². The van der Waals surface area contributed by atoms with E-state index in [0.717, 1.165) is 5.56 Å². The predicted octanol–water partition coefficient (Wildman–Crippen LogP) is 2.52. The van der Waals surface area contributed by atoms with E-state index >= 15 is 0 Å². The fourth-order valence-corrected chi connectivity index (χ4v) is 1.85. The van der Waals surface area contributed by atoms with Crippen LogP contribution in [0.1, 0.15) is 25.1 Å². The maximum Gasteiger partial charge on any atom is 0.132 e. The molecule has 100 valence electrons. The first-order chi connectivity index (χ1) is 9.49. The molecule has 0 aliphatic heterocycles. The van der Waals surface area contributed by atoms with Gasteiger partial charge in [-0.15, -0.1) is 0 Å². The Morgan fingerprint density at radius 1 is 1.35 bits per heavy atom. The van der Waals surface area contributed by atoms with E-state index in [1.54, 1.807) is 12.3 Å². The summed E-state index contributed by atoms with van der Waals surface area (Å²) in [5, 5.41) is 16.7. The molecule has 5 heteroatoms. The van der Waals surface area contributed by atoms with Crippen LogP contribution < -0.4 is 5.73 Å². The zero-order chi connectivity index (χ0) is 14.8. The van der Waals surface area contributed by atoms with E-state index in [4.69, 9.17) is 11.1 Å². The molecule has 0 spiro atoms. The van der Waals surface area contributed by atoms with Crippen LogP contribution in [0.4, 0.5) is 5.82 Å². The maximum atomic E-state index is 9.20. The van der Waals surface area contributed by atoms with Crippen molar-refractivity contribution in [2.24, 2.45) is 0 Å². The highest BCUT2D eigenvalue weighted by Crippen LogP contribution is 2.27. The van der Waals surface area contributed by atoms with Crippen LogP contribution in [0.15, 0.2) is 30.5 Å². The minimum atomic E-state index is -0.667. The second kappa shape index (κ2) is 5.10. The Morgan fingerprint density at radius 2 is 2.10 bits per heavy atom. The van der Waals surface area contributed by atoms with Gasteiger partial charge in [0.05, 0.1) is 22.9 Å². The maximum absolute atomic E-state index is 9.20. The van der Waals surface area contributed by atoms with E-state index in [-0.39, 0.29) is 0 Å². The molecule has 20 heavy (non-hydrogen) atoms. The van der Waals surface area contributed by atoms with E-state index in [1.807, 2.05) is 32.0 Å². The number of anilines is 1. The predicted molar refractivity (Wildman–Crippen MR) is 78.4 cm³/mol. The van der Waals surface area contributed by atoms with Crippen molar-refractivity contribution in [3.05, 3.63) is 41.7 Å². The average Bonchev–Trinajstić information content (AvgIpc) is 2.47. The number of hydrogen-bond acceptors (Lipinski definition) is 5. The topological polar surface area (TPSA) is 99.4 Å². The Bertz CT molecular complexity index is 698. The molecule has 2 aromatic rings. The van der Waals surface area contributed by atoms with Gasteiger partial charge in [-0.2, -0.15) is 5.26 Å². The Balaban J connectivity index is 2.61. The largest absolute Gasteiger partial charge is 0.383 e. The summed E-state index contributed by atoms with van der Waals surface area (Å²) in [6.07, 6.45) is 2.75. The lowest BCUT2D eigenvalue weighted by molar-refractivity contribution is 0.660. The Kier molecular flexibility index (Phi) is 3.49. The van der Waals surface area contributed by atoms with Crippen LogP contribution in [0.2, 0.25) is 0 Å². The molecule has 0 aliphatic rings. The third-order valence-corrected chi connectivity index (χ3v) is 3.11. The molecular weight excluding hydrogens is 250 g/mol. The molecule has 5 nitrogen and oxygen atoms in total. The van der Waals surface area contributed by atoms with Gasteiger partial charge in [0, 0.05) is 23.5 Å². The van der Waals surface area contributed by atoms with Crippen LogP contribution in [0, 0.1) is 16.7 Å². The molecule has 0 aliphatic carbocycles. The zero-order valence-corrected chi connectivity index (χ0v) is 11.4. The van der Waals surface area contributed by atoms with Gasteiger partial charge in [-0.25, -0.2) is 4.98 Å². The molecule has 0 radical (unpaired) electrons. The molecule has 0 aromatic carbocycles. The number of rotatable bonds is 3. The summed E-state index contributed by atoms with van der Waals surface area (Å²) >= 11 is 0. The highest BCUT2D eigenvalue weighted by atomic mass is 14.8. The zero-order valence-electron chi connectivity index (χ0n) is 11.4. The highest BCUT2D eigenvalue weighted by Gasteiger charge is 2.22. The van der Waals surface area contributed by atoms with Gasteiger partial charge < -0.3 is 11.1 Å². The van der Waals surface area contributed by atoms with Gasteiger partial charge in [0.15, 0.2) is 0 Å². The summed E-state index contributed by atoms with van der Waals surface area (Å²) in [6, 6.07) is 9.50. The fourth-order valence-electron chi connectivity index (χ4n) is 1.85. The van der Waals surface area contributed by atoms with E-state index in [2.05, 4.69) is 16.0 Å². The third kappa shape index (κ3) is 2.36. The van der Waals surface area contributed by atoms with E-state index in [1.165, 1.54) is 6.21 Å². The number of nitriles is 1. The van der Waals surface area contributed by atoms with Crippen LogP contribution in [0.25, 0.3) is 11.3 Å². The molecule has 0 fully saturated rings. The van der Waals surface area contributed by atoms with Gasteiger partial charge in [0.2, 0.25) is 0 Å². The molecular formula is C15H15N5. The summed E-state index contributed by atoms with van der Waals surface area (Å²) < 4.78 is 0. The fraction of sp³-hybridized carbons (Fsp3) is 0.200. The first kappa shape index (κ1) is 13.7. The molecule has 0 saturated heterocycles. The molecule has 0 saturated carbocycles. The van der Waals surface area contributed by atoms with Gasteiger partial charge >= 0.3 is 0 Å². The number of nitrogens with zero attached hydrogens (tertiary/aromatic N) is 3. The summed E-state index contributed by atoms with van der Waals surface area (Å²) in [5.41, 5.74) is 7.75. The normalized spacial score (nSPS) is 10.8. The summed E-state index contributed by atoms with van der Waals surface area (Å²) in [5.74, 6) is 0.296. The minimum absolute atomic E-state index is 0.296. The second-order valence-electron chi connectivity index (χ2n) is 4.95. The van der Waals surface area contributed by atoms with Gasteiger partial charge in [-0.05, 0) is 32.0 Å². The number of nitrogens with two attached hydrogens (primary N) is 1. The monoisotopic (exact) mass is 265 g/mol. The summed E-state index contributed by atoms with van der Waals surface area (Å²) in [6.45, 7) is 3.63. The van der Waals surface area contributed by atoms with Crippen molar-refractivity contribution >= 4 is 12.0 Å². The summed E-state index contributed by atoms with van der Waals surface area (Å²) in [7, 11) is 0. The van der Waals surface area contributed by atoms with Crippen LogP contribution in [0.3, 0.4) is 0 Å². The van der Waals surface area contributed by atoms with Crippen LogP contribution in [-0.2, 0) is 5.41 Å². The van der Waals surface area contributed by atoms with Crippen molar-refractivity contribution in [3.63, 3.8) is 0 Å². The highest BCUT2D eigenvalue weighted by molar-refractivity contribution is 5.92. The quantitative estimate of drug-likeness (QED) is 0.833. The third-order valence-electron chi connectivity index (χ3n) is 3.11. The van der Waals surface area contributed by atoms with Crippen molar-refractivity contribution in [3.8, 4) is 17.3 Å². The van der Waals surface area contributed by atoms with E-state index < -0.39 is 5.41 Å². The average molecular weight is 265 g/mol. The first-order valence-corrected chi connectivity index (χ1v) is 6.13. The number of aromatic nitrogens is 2. The summed E-state index contributed by atoms with van der Waals surface area (Å²) in [4.78, 5) is 8.50. The molecule has 0 unspecified atom stereocenters. The minimum Gasteiger partial charge on any atom is -0.383 e. The van der Waals surface area contributed by atoms with Crippen LogP contribution in [0.5, 0.6) is 0 Å². The smallest absolute Gasteiger partial charge is 0.132 e. The van der Waals surface area contributed by atoms with Crippen molar-refractivity contribution in [1.82, 2.24) is 9.97 Å². The molecule has 0 bridgehead atoms. The van der Waals surface area contributed by atoms with Crippen molar-refractivity contribution in [2.45, 2.75) is 19.3 Å². The van der Waals surface area contributed by atoms with E-state index in [9.17, 15) is 5.26 Å². The van der Waals surface area contributed by atoms with Crippen molar-refractivity contribution in [2.75, 3.05) is 5.73 Å². The lowest BCUT2D eigenvalue weighted by Gasteiger charge is -2.16. The van der Waals surface area contributed by atoms with Crippen molar-refractivity contribution < 1.29 is 0 Å². The first-order valence-electron chi connectivity index (χ1n) is 6.13. The second-order valence-corrected chi connectivity index (χ2v) is 4.95. The standard InChI is InChI=1S/C15H15N5/c1-15(2,9-17)13-5-3-4-12(20-13)10-6-7-19-14(18)11(10)8-16/h3-8,16H,1-2H3,(H2,18,19). The van der Waals surface area contributed by atoms with Crippen molar-refractivity contribution in [1.29, 1.82) is 10.7 Å². The number of nitrogens with one attached hydrogen (secondary N) is 1. The van der Waals surface area contributed by atoms with Gasteiger partial charge in [-0.3, -0.25) is 4.98 Å². The van der Waals surface area contributed by atoms with Gasteiger partial charge in [0.25, 0.3) is 0 Å². The van der Waals surface area contributed by atoms with Gasteiger partial charge in [-0.1, -0.05) is 6.07 Å². The molecule has 2 aromatic heterocycles. The Morgan fingerprint density at radius 3 is 2.75 bits per heavy atom.